The summed E-state index contributed by atoms with van der Waals surface area (Å²) in [6, 6.07) is 4.66. The first kappa shape index (κ1) is 13.3. The van der Waals surface area contributed by atoms with Gasteiger partial charge in [0.05, 0.1) is 24.6 Å². The third-order valence-electron chi connectivity index (χ3n) is 2.14. The quantitative estimate of drug-likeness (QED) is 0.425. The van der Waals surface area contributed by atoms with Gasteiger partial charge >= 0.3 is 0 Å². The van der Waals surface area contributed by atoms with Gasteiger partial charge in [0.2, 0.25) is 0 Å². The number of carbonyl (C=O) groups is 1. The van der Waals surface area contributed by atoms with E-state index in [1.807, 2.05) is 0 Å². The van der Waals surface area contributed by atoms with Gasteiger partial charge in [0.1, 0.15) is 6.23 Å². The van der Waals surface area contributed by atoms with Crippen LogP contribution < -0.4 is 16.8 Å². The first-order valence-corrected chi connectivity index (χ1v) is 5.23. The average molecular weight is 239 g/mol. The molecule has 0 fully saturated rings. The topological polar surface area (TPSA) is 111 Å². The summed E-state index contributed by atoms with van der Waals surface area (Å²) >= 11 is 0. The van der Waals surface area contributed by atoms with Crippen LogP contribution in [0.3, 0.4) is 0 Å². The summed E-state index contributed by atoms with van der Waals surface area (Å²) in [5.74, 6) is -0.304. The Bertz CT molecular complexity index is 396. The van der Waals surface area contributed by atoms with Crippen LogP contribution in [0, 0.1) is 0 Å². The molecule has 1 unspecified atom stereocenters. The number of rotatable bonds is 5. The summed E-state index contributed by atoms with van der Waals surface area (Å²) in [6.45, 7) is 1.76. The van der Waals surface area contributed by atoms with Crippen LogP contribution in [-0.4, -0.2) is 30.5 Å². The lowest BCUT2D eigenvalue weighted by Gasteiger charge is -2.14. The Morgan fingerprint density at radius 3 is 2.76 bits per heavy atom. The number of anilines is 2. The highest BCUT2D eigenvalue weighted by Crippen LogP contribution is 2.15. The maximum Gasteiger partial charge on any atom is 0.253 e. The number of nitrogens with one attached hydrogen (secondary N) is 1. The smallest absolute Gasteiger partial charge is 0.253 e. The third kappa shape index (κ3) is 3.93. The fourth-order valence-corrected chi connectivity index (χ4v) is 1.26. The van der Waals surface area contributed by atoms with E-state index in [2.05, 4.69) is 5.32 Å². The lowest BCUT2D eigenvalue weighted by atomic mass is 10.1. The van der Waals surface area contributed by atoms with Crippen molar-refractivity contribution in [3.63, 3.8) is 0 Å². The monoisotopic (exact) mass is 239 g/mol. The molecular formula is C11H17N3O3. The summed E-state index contributed by atoms with van der Waals surface area (Å²) in [7, 11) is 0. The zero-order valence-electron chi connectivity index (χ0n) is 9.64. The summed E-state index contributed by atoms with van der Waals surface area (Å²) in [4.78, 5) is 11.7. The highest BCUT2D eigenvalue weighted by Gasteiger charge is 2.10. The lowest BCUT2D eigenvalue weighted by molar-refractivity contribution is 0.0199. The number of hydrogen-bond donors (Lipinski definition) is 4. The number of nitrogen functional groups attached to an aromatic ring is 2. The van der Waals surface area contributed by atoms with Gasteiger partial charge in [0.25, 0.3) is 5.91 Å². The van der Waals surface area contributed by atoms with Crippen molar-refractivity contribution in [3.8, 4) is 0 Å². The first-order chi connectivity index (χ1) is 8.04. The van der Waals surface area contributed by atoms with Gasteiger partial charge in [0, 0.05) is 5.56 Å². The number of aliphatic hydroxyl groups excluding tert-OH is 1. The number of hydrogen-bond acceptors (Lipinski definition) is 5. The third-order valence-corrected chi connectivity index (χ3v) is 2.14. The number of amides is 1. The van der Waals surface area contributed by atoms with Gasteiger partial charge < -0.3 is 26.6 Å². The van der Waals surface area contributed by atoms with Crippen LogP contribution in [0.15, 0.2) is 18.2 Å². The molecular weight excluding hydrogens is 222 g/mol. The molecule has 0 spiro atoms. The summed E-state index contributed by atoms with van der Waals surface area (Å²) in [6.07, 6.45) is -0.478. The van der Waals surface area contributed by atoms with Gasteiger partial charge in [-0.15, -0.1) is 0 Å². The van der Waals surface area contributed by atoms with Gasteiger partial charge in [-0.2, -0.15) is 0 Å². The minimum Gasteiger partial charge on any atom is -0.397 e. The molecule has 6 heteroatoms. The van der Waals surface area contributed by atoms with Crippen LogP contribution in [0.1, 0.15) is 17.3 Å². The molecule has 0 aliphatic carbocycles. The molecule has 6 nitrogen and oxygen atoms in total. The van der Waals surface area contributed by atoms with Crippen molar-refractivity contribution in [2.75, 3.05) is 24.7 Å². The molecule has 94 valence electrons. The largest absolute Gasteiger partial charge is 0.397 e. The normalized spacial score (nSPS) is 12.1. The van der Waals surface area contributed by atoms with E-state index in [1.165, 1.54) is 6.07 Å². The van der Waals surface area contributed by atoms with Crippen LogP contribution in [0.2, 0.25) is 0 Å². The van der Waals surface area contributed by atoms with Crippen molar-refractivity contribution >= 4 is 17.3 Å². The Labute approximate surface area is 99.6 Å². The van der Waals surface area contributed by atoms with E-state index in [0.717, 1.165) is 0 Å². The fraction of sp³-hybridized carbons (Fsp3) is 0.364. The van der Waals surface area contributed by atoms with Gasteiger partial charge in [-0.1, -0.05) is 0 Å². The van der Waals surface area contributed by atoms with Gasteiger partial charge in [0.15, 0.2) is 0 Å². The Morgan fingerprint density at radius 1 is 1.47 bits per heavy atom. The van der Waals surface area contributed by atoms with Crippen LogP contribution in [0.25, 0.3) is 0 Å². The molecule has 0 radical (unpaired) electrons. The van der Waals surface area contributed by atoms with Crippen molar-refractivity contribution in [3.05, 3.63) is 23.8 Å². The number of nitrogens with two attached hydrogens (primary N) is 2. The molecule has 17 heavy (non-hydrogen) atoms. The number of carbonyl (C=O) groups excluding carboxylic acids is 1. The highest BCUT2D eigenvalue weighted by atomic mass is 16.5. The average Bonchev–Trinajstić information content (AvgIpc) is 2.30. The summed E-state index contributed by atoms with van der Waals surface area (Å²) in [5.41, 5.74) is 12.4. The van der Waals surface area contributed by atoms with Crippen molar-refractivity contribution < 1.29 is 14.6 Å². The molecule has 0 saturated heterocycles. The molecule has 0 aromatic heterocycles. The van der Waals surface area contributed by atoms with E-state index < -0.39 is 6.23 Å². The zero-order valence-corrected chi connectivity index (χ0v) is 9.64. The molecule has 0 saturated carbocycles. The maximum absolute atomic E-state index is 11.7. The molecule has 0 heterocycles. The van der Waals surface area contributed by atoms with Crippen LogP contribution in [0.5, 0.6) is 0 Å². The molecule has 1 amide bonds. The van der Waals surface area contributed by atoms with E-state index in [-0.39, 0.29) is 19.1 Å². The van der Waals surface area contributed by atoms with Crippen molar-refractivity contribution in [1.29, 1.82) is 0 Å². The Balaban J connectivity index is 2.60. The van der Waals surface area contributed by atoms with Crippen LogP contribution in [-0.2, 0) is 4.74 Å². The maximum atomic E-state index is 11.7. The van der Waals surface area contributed by atoms with E-state index in [0.29, 0.717) is 16.9 Å². The van der Waals surface area contributed by atoms with Crippen LogP contribution >= 0.6 is 0 Å². The van der Waals surface area contributed by atoms with Crippen molar-refractivity contribution in [2.24, 2.45) is 0 Å². The van der Waals surface area contributed by atoms with Crippen molar-refractivity contribution in [2.45, 2.75) is 13.2 Å². The first-order valence-electron chi connectivity index (χ1n) is 5.23. The van der Waals surface area contributed by atoms with Crippen molar-refractivity contribution in [1.82, 2.24) is 5.32 Å². The molecule has 1 rings (SSSR count). The second-order valence-corrected chi connectivity index (χ2v) is 3.55. The molecule has 0 bridgehead atoms. The molecule has 1 aromatic carbocycles. The Kier molecular flexibility index (Phi) is 4.74. The Hall–Kier alpha value is -1.79. The Morgan fingerprint density at radius 2 is 2.18 bits per heavy atom. The predicted molar refractivity (Wildman–Crippen MR) is 65.2 cm³/mol. The van der Waals surface area contributed by atoms with E-state index in [9.17, 15) is 4.79 Å². The number of ether oxygens (including phenoxy) is 1. The summed E-state index contributed by atoms with van der Waals surface area (Å²) in [5, 5.41) is 11.2. The molecule has 1 atom stereocenters. The summed E-state index contributed by atoms with van der Waals surface area (Å²) < 4.78 is 5.10. The minimum atomic E-state index is -0.478. The highest BCUT2D eigenvalue weighted by molar-refractivity contribution is 5.96. The number of benzene rings is 1. The van der Waals surface area contributed by atoms with Gasteiger partial charge in [-0.25, -0.2) is 0 Å². The van der Waals surface area contributed by atoms with E-state index >= 15 is 0 Å². The minimum absolute atomic E-state index is 0.0883. The molecule has 6 N–H and O–H groups in total. The lowest BCUT2D eigenvalue weighted by Crippen LogP contribution is -2.35. The standard InChI is InChI=1S/C11H17N3O3/c1-7(17-5-4-15)14-11(16)8-2-3-9(12)10(13)6-8/h2-3,6-7,15H,4-5,12-13H2,1H3,(H,14,16). The zero-order chi connectivity index (χ0) is 12.8. The fourth-order valence-electron chi connectivity index (χ4n) is 1.26. The molecule has 0 aliphatic rings. The predicted octanol–water partition coefficient (Wildman–Crippen LogP) is -0.0643. The van der Waals surface area contributed by atoms with Crippen LogP contribution in [0.4, 0.5) is 11.4 Å². The SMILES string of the molecule is CC(NC(=O)c1ccc(N)c(N)c1)OCCO. The van der Waals surface area contributed by atoms with E-state index in [1.54, 1.807) is 19.1 Å². The molecule has 0 aliphatic heterocycles. The van der Waals surface area contributed by atoms with Gasteiger partial charge in [-0.05, 0) is 25.1 Å². The second kappa shape index (κ2) is 6.07. The molecule has 1 aromatic rings. The van der Waals surface area contributed by atoms with E-state index in [4.69, 9.17) is 21.3 Å². The second-order valence-electron chi connectivity index (χ2n) is 3.55. The number of aliphatic hydroxyl groups is 1. The van der Waals surface area contributed by atoms with Gasteiger partial charge in [-0.3, -0.25) is 4.79 Å².